The number of carbonyl (C=O) groups is 1. The smallest absolute Gasteiger partial charge is 0.223 e. The molecule has 1 aromatic carbocycles. The van der Waals surface area contributed by atoms with Gasteiger partial charge < -0.3 is 10.6 Å². The molecule has 0 radical (unpaired) electrons. The fraction of sp³-hybridized carbons (Fsp3) is 0.545. The van der Waals surface area contributed by atoms with Crippen LogP contribution >= 0.6 is 0 Å². The van der Waals surface area contributed by atoms with Crippen LogP contribution in [-0.2, 0) is 11.2 Å². The van der Waals surface area contributed by atoms with Crippen LogP contribution in [0.4, 0.5) is 5.82 Å². The highest BCUT2D eigenvalue weighted by molar-refractivity contribution is 5.83. The molecular weight excluding hydrogens is 364 g/mol. The molecule has 0 saturated heterocycles. The molecule has 3 aromatic rings. The maximum Gasteiger partial charge on any atom is 0.223 e. The van der Waals surface area contributed by atoms with Crippen LogP contribution < -0.4 is 10.6 Å². The summed E-state index contributed by atoms with van der Waals surface area (Å²) in [7, 11) is 0. The van der Waals surface area contributed by atoms with Crippen molar-refractivity contribution in [1.82, 2.24) is 24.9 Å². The third kappa shape index (κ3) is 4.66. The Labute approximate surface area is 172 Å². The number of hydrogen-bond acceptors (Lipinski definition) is 5. The summed E-state index contributed by atoms with van der Waals surface area (Å²) in [4.78, 5) is 16.8. The summed E-state index contributed by atoms with van der Waals surface area (Å²) < 4.78 is 2.05. The second-order valence-electron chi connectivity index (χ2n) is 8.00. The molecule has 1 unspecified atom stereocenters. The highest BCUT2D eigenvalue weighted by Crippen LogP contribution is 2.23. The summed E-state index contributed by atoms with van der Waals surface area (Å²) in [6.45, 7) is 11.7. The van der Waals surface area contributed by atoms with Crippen LogP contribution in [0.5, 0.6) is 0 Å². The van der Waals surface area contributed by atoms with Gasteiger partial charge in [0.05, 0.1) is 11.0 Å². The van der Waals surface area contributed by atoms with E-state index in [1.54, 1.807) is 0 Å². The third-order valence-electron chi connectivity index (χ3n) is 5.57. The lowest BCUT2D eigenvalue weighted by Crippen LogP contribution is -2.32. The lowest BCUT2D eigenvalue weighted by atomic mass is 9.97. The molecule has 0 bridgehead atoms. The predicted octanol–water partition coefficient (Wildman–Crippen LogP) is 3.75. The SMILES string of the molecule is CCc1ccc2c(c1)nc(NCCCCNC(=O)C(C)C(C)C)c1nnc(C)n12. The molecule has 2 heterocycles. The number of anilines is 1. The lowest BCUT2D eigenvalue weighted by molar-refractivity contribution is -0.125. The van der Waals surface area contributed by atoms with Gasteiger partial charge in [-0.25, -0.2) is 4.98 Å². The second-order valence-corrected chi connectivity index (χ2v) is 8.00. The fourth-order valence-electron chi connectivity index (χ4n) is 3.29. The van der Waals surface area contributed by atoms with Gasteiger partial charge in [-0.2, -0.15) is 0 Å². The van der Waals surface area contributed by atoms with Crippen molar-refractivity contribution < 1.29 is 4.79 Å². The maximum atomic E-state index is 12.0. The Kier molecular flexibility index (Phi) is 6.67. The molecule has 0 fully saturated rings. The normalized spacial score (nSPS) is 12.6. The average molecular weight is 397 g/mol. The Hall–Kier alpha value is -2.70. The Morgan fingerprint density at radius 1 is 1.14 bits per heavy atom. The molecule has 7 heteroatoms. The maximum absolute atomic E-state index is 12.0. The van der Waals surface area contributed by atoms with Crippen LogP contribution in [0, 0.1) is 18.8 Å². The minimum atomic E-state index is 0.0485. The van der Waals surface area contributed by atoms with E-state index in [1.165, 1.54) is 5.56 Å². The molecule has 0 saturated carbocycles. The number of nitrogens with zero attached hydrogens (tertiary/aromatic N) is 4. The number of amides is 1. The zero-order chi connectivity index (χ0) is 21.0. The van der Waals surface area contributed by atoms with Gasteiger partial charge in [0.1, 0.15) is 5.82 Å². The number of rotatable bonds is 9. The first-order valence-electron chi connectivity index (χ1n) is 10.6. The molecule has 156 valence electrons. The zero-order valence-corrected chi connectivity index (χ0v) is 18.1. The number of fused-ring (bicyclic) bond motifs is 3. The first kappa shape index (κ1) is 21.0. The van der Waals surface area contributed by atoms with E-state index < -0.39 is 0 Å². The average Bonchev–Trinajstić information content (AvgIpc) is 3.11. The summed E-state index contributed by atoms with van der Waals surface area (Å²) in [5, 5.41) is 15.0. The molecule has 1 amide bonds. The van der Waals surface area contributed by atoms with Crippen molar-refractivity contribution >= 4 is 28.4 Å². The Morgan fingerprint density at radius 2 is 1.90 bits per heavy atom. The van der Waals surface area contributed by atoms with Gasteiger partial charge in [0.2, 0.25) is 11.6 Å². The third-order valence-corrected chi connectivity index (χ3v) is 5.57. The molecule has 3 rings (SSSR count). The van der Waals surface area contributed by atoms with Gasteiger partial charge in [0.25, 0.3) is 0 Å². The van der Waals surface area contributed by atoms with Crippen molar-refractivity contribution in [3.63, 3.8) is 0 Å². The summed E-state index contributed by atoms with van der Waals surface area (Å²) in [6, 6.07) is 6.35. The number of nitrogens with one attached hydrogen (secondary N) is 2. The van der Waals surface area contributed by atoms with Crippen molar-refractivity contribution in [2.24, 2.45) is 11.8 Å². The van der Waals surface area contributed by atoms with Gasteiger partial charge in [-0.15, -0.1) is 10.2 Å². The van der Waals surface area contributed by atoms with Crippen LogP contribution in [-0.4, -0.2) is 38.6 Å². The number of aromatic nitrogens is 4. The quantitative estimate of drug-likeness (QED) is 0.538. The standard InChI is InChI=1S/C22H32N6O/c1-6-17-9-10-19-18(13-17)25-20(21-27-26-16(5)28(19)21)23-11-7-8-12-24-22(29)15(4)14(2)3/h9-10,13-15H,6-8,11-12H2,1-5H3,(H,23,25)(H,24,29). The van der Waals surface area contributed by atoms with Crippen molar-refractivity contribution in [3.8, 4) is 0 Å². The molecule has 2 N–H and O–H groups in total. The van der Waals surface area contributed by atoms with E-state index in [0.717, 1.165) is 54.1 Å². The van der Waals surface area contributed by atoms with Crippen molar-refractivity contribution in [1.29, 1.82) is 0 Å². The van der Waals surface area contributed by atoms with E-state index in [-0.39, 0.29) is 11.8 Å². The minimum Gasteiger partial charge on any atom is -0.367 e. The van der Waals surface area contributed by atoms with Gasteiger partial charge >= 0.3 is 0 Å². The molecular formula is C22H32N6O. The van der Waals surface area contributed by atoms with Crippen LogP contribution in [0.3, 0.4) is 0 Å². The van der Waals surface area contributed by atoms with Gasteiger partial charge in [-0.05, 0) is 49.8 Å². The molecule has 0 aliphatic heterocycles. The minimum absolute atomic E-state index is 0.0485. The van der Waals surface area contributed by atoms with E-state index in [1.807, 2.05) is 13.8 Å². The highest BCUT2D eigenvalue weighted by atomic mass is 16.1. The van der Waals surface area contributed by atoms with Crippen molar-refractivity contribution in [2.75, 3.05) is 18.4 Å². The van der Waals surface area contributed by atoms with Crippen molar-refractivity contribution in [2.45, 2.75) is 53.9 Å². The Bertz CT molecular complexity index is 994. The molecule has 0 aliphatic rings. The van der Waals surface area contributed by atoms with E-state index >= 15 is 0 Å². The number of unbranched alkanes of at least 4 members (excludes halogenated alkanes) is 1. The summed E-state index contributed by atoms with van der Waals surface area (Å²) in [5.74, 6) is 2.15. The molecule has 1 atom stereocenters. The van der Waals surface area contributed by atoms with E-state index in [0.29, 0.717) is 12.5 Å². The molecule has 0 spiro atoms. The lowest BCUT2D eigenvalue weighted by Gasteiger charge is -2.15. The van der Waals surface area contributed by atoms with Gasteiger partial charge in [-0.3, -0.25) is 9.20 Å². The van der Waals surface area contributed by atoms with Gasteiger partial charge in [-0.1, -0.05) is 33.8 Å². The largest absolute Gasteiger partial charge is 0.367 e. The van der Waals surface area contributed by atoms with E-state index in [4.69, 9.17) is 4.98 Å². The first-order chi connectivity index (χ1) is 13.9. The van der Waals surface area contributed by atoms with Gasteiger partial charge in [0, 0.05) is 19.0 Å². The number of carbonyl (C=O) groups excluding carboxylic acids is 1. The highest BCUT2D eigenvalue weighted by Gasteiger charge is 2.16. The monoisotopic (exact) mass is 396 g/mol. The molecule has 2 aromatic heterocycles. The van der Waals surface area contributed by atoms with Crippen LogP contribution in [0.1, 0.15) is 51.9 Å². The summed E-state index contributed by atoms with van der Waals surface area (Å²) in [6.07, 6.45) is 2.82. The predicted molar refractivity (Wildman–Crippen MR) is 117 cm³/mol. The zero-order valence-electron chi connectivity index (χ0n) is 18.1. The Morgan fingerprint density at radius 3 is 2.62 bits per heavy atom. The van der Waals surface area contributed by atoms with E-state index in [9.17, 15) is 4.79 Å². The van der Waals surface area contributed by atoms with Crippen LogP contribution in [0.2, 0.25) is 0 Å². The summed E-state index contributed by atoms with van der Waals surface area (Å²) >= 11 is 0. The first-order valence-corrected chi connectivity index (χ1v) is 10.6. The van der Waals surface area contributed by atoms with E-state index in [2.05, 4.69) is 64.2 Å². The molecule has 7 nitrogen and oxygen atoms in total. The fourth-order valence-corrected chi connectivity index (χ4v) is 3.29. The van der Waals surface area contributed by atoms with Crippen LogP contribution in [0.25, 0.3) is 16.7 Å². The second kappa shape index (κ2) is 9.20. The molecule has 0 aliphatic carbocycles. The van der Waals surface area contributed by atoms with Crippen LogP contribution in [0.15, 0.2) is 18.2 Å². The topological polar surface area (TPSA) is 84.2 Å². The number of hydrogen-bond donors (Lipinski definition) is 2. The summed E-state index contributed by atoms with van der Waals surface area (Å²) in [5.41, 5.74) is 3.97. The van der Waals surface area contributed by atoms with Gasteiger partial charge in [0.15, 0.2) is 5.82 Å². The van der Waals surface area contributed by atoms with Crippen molar-refractivity contribution in [3.05, 3.63) is 29.6 Å². The Balaban J connectivity index is 1.63. The molecule has 29 heavy (non-hydrogen) atoms. The number of benzene rings is 1. The number of aryl methyl sites for hydroxylation is 2.